The molecule has 1 saturated heterocycles. The number of anilines is 1. The highest BCUT2D eigenvalue weighted by atomic mass is 35.5. The van der Waals surface area contributed by atoms with Gasteiger partial charge in [0.15, 0.2) is 10.7 Å². The molecule has 10 heteroatoms. The SMILES string of the molecule is COc1ccc(Cl)cc1[C@H]1C(C(=O)OC(C)C)=C(C)N=c2s/c(=C\c3ccc(N4CCC(C)CC4)o3)c(=O)n21. The van der Waals surface area contributed by atoms with E-state index in [-0.39, 0.29) is 17.2 Å². The van der Waals surface area contributed by atoms with Crippen LogP contribution in [0.1, 0.15) is 57.9 Å². The molecule has 8 nitrogen and oxygen atoms in total. The first-order valence-corrected chi connectivity index (χ1v) is 14.3. The third-order valence-corrected chi connectivity index (χ3v) is 8.27. The predicted molar refractivity (Wildman–Crippen MR) is 152 cm³/mol. The van der Waals surface area contributed by atoms with Crippen LogP contribution in [-0.2, 0) is 9.53 Å². The third kappa shape index (κ3) is 5.43. The van der Waals surface area contributed by atoms with Gasteiger partial charge in [0.25, 0.3) is 5.56 Å². The smallest absolute Gasteiger partial charge is 0.338 e. The van der Waals surface area contributed by atoms with Crippen molar-refractivity contribution in [3.63, 3.8) is 0 Å². The van der Waals surface area contributed by atoms with Crippen molar-refractivity contribution in [3.8, 4) is 5.75 Å². The highest BCUT2D eigenvalue weighted by molar-refractivity contribution is 7.07. The summed E-state index contributed by atoms with van der Waals surface area (Å²) in [4.78, 5) is 34.6. The minimum absolute atomic E-state index is 0.267. The molecule has 0 saturated carbocycles. The summed E-state index contributed by atoms with van der Waals surface area (Å²) in [6, 6.07) is 8.13. The quantitative estimate of drug-likeness (QED) is 0.401. The zero-order valence-electron chi connectivity index (χ0n) is 22.7. The fourth-order valence-electron chi connectivity index (χ4n) is 5.02. The van der Waals surface area contributed by atoms with E-state index < -0.39 is 12.0 Å². The molecule has 0 unspecified atom stereocenters. The number of aromatic nitrogens is 1. The van der Waals surface area contributed by atoms with E-state index in [0.717, 1.165) is 31.8 Å². The van der Waals surface area contributed by atoms with Crippen LogP contribution in [0.15, 0.2) is 55.8 Å². The van der Waals surface area contributed by atoms with Gasteiger partial charge in [0.1, 0.15) is 17.6 Å². The summed E-state index contributed by atoms with van der Waals surface area (Å²) in [5.74, 6) is 2.06. The van der Waals surface area contributed by atoms with Gasteiger partial charge in [0.05, 0.1) is 29.0 Å². The van der Waals surface area contributed by atoms with E-state index in [9.17, 15) is 9.59 Å². The number of methoxy groups -OCH3 is 1. The van der Waals surface area contributed by atoms with E-state index in [0.29, 0.717) is 43.0 Å². The van der Waals surface area contributed by atoms with Gasteiger partial charge in [-0.25, -0.2) is 9.79 Å². The highest BCUT2D eigenvalue weighted by Crippen LogP contribution is 2.37. The molecule has 0 radical (unpaired) electrons. The number of hydrogen-bond donors (Lipinski definition) is 0. The van der Waals surface area contributed by atoms with Crippen molar-refractivity contribution in [2.75, 3.05) is 25.1 Å². The molecule has 1 atom stereocenters. The molecule has 5 rings (SSSR count). The van der Waals surface area contributed by atoms with Crippen molar-refractivity contribution in [3.05, 3.63) is 77.6 Å². The predicted octanol–water partition coefficient (Wildman–Crippen LogP) is 4.68. The van der Waals surface area contributed by atoms with Gasteiger partial charge in [-0.2, -0.15) is 0 Å². The number of rotatable bonds is 6. The zero-order chi connectivity index (χ0) is 27.8. The van der Waals surface area contributed by atoms with Crippen LogP contribution in [0.25, 0.3) is 6.08 Å². The number of benzene rings is 1. The number of fused-ring (bicyclic) bond motifs is 1. The van der Waals surface area contributed by atoms with E-state index in [4.69, 9.17) is 25.5 Å². The van der Waals surface area contributed by atoms with E-state index in [1.54, 1.807) is 45.0 Å². The number of thiazole rings is 1. The number of halogens is 1. The number of carbonyl (C=O) groups is 1. The molecular formula is C29H32ClN3O5S. The topological polar surface area (TPSA) is 86.3 Å². The largest absolute Gasteiger partial charge is 0.496 e. The van der Waals surface area contributed by atoms with Gasteiger partial charge in [0.2, 0.25) is 0 Å². The van der Waals surface area contributed by atoms with E-state index in [1.165, 1.54) is 23.0 Å². The number of allylic oxidation sites excluding steroid dienone is 1. The number of furan rings is 1. The van der Waals surface area contributed by atoms with Crippen molar-refractivity contribution in [2.24, 2.45) is 10.9 Å². The number of nitrogens with zero attached hydrogens (tertiary/aromatic N) is 3. The van der Waals surface area contributed by atoms with Crippen molar-refractivity contribution < 1.29 is 18.7 Å². The summed E-state index contributed by atoms with van der Waals surface area (Å²) in [6.07, 6.45) is 3.64. The van der Waals surface area contributed by atoms with Crippen LogP contribution in [0, 0.1) is 5.92 Å². The number of ether oxygens (including phenoxy) is 2. The average Bonchev–Trinajstić information content (AvgIpc) is 3.47. The van der Waals surface area contributed by atoms with Gasteiger partial charge in [0, 0.05) is 35.8 Å². The van der Waals surface area contributed by atoms with E-state index in [1.807, 2.05) is 12.1 Å². The zero-order valence-corrected chi connectivity index (χ0v) is 24.3. The molecule has 0 bridgehead atoms. The first kappa shape index (κ1) is 27.3. The molecule has 0 amide bonds. The Hall–Kier alpha value is -3.30. The molecule has 1 fully saturated rings. The van der Waals surface area contributed by atoms with Crippen LogP contribution < -0.4 is 24.5 Å². The molecule has 2 aromatic heterocycles. The molecule has 0 N–H and O–H groups in total. The first-order chi connectivity index (χ1) is 18.7. The van der Waals surface area contributed by atoms with Crippen LogP contribution in [0.4, 0.5) is 5.88 Å². The van der Waals surface area contributed by atoms with E-state index >= 15 is 0 Å². The maximum atomic E-state index is 13.9. The van der Waals surface area contributed by atoms with Crippen molar-refractivity contribution >= 4 is 40.9 Å². The number of hydrogen-bond acceptors (Lipinski definition) is 8. The second-order valence-electron chi connectivity index (χ2n) is 10.3. The minimum atomic E-state index is -0.828. The number of piperidine rings is 1. The molecule has 206 valence electrons. The Balaban J connectivity index is 1.62. The van der Waals surface area contributed by atoms with Gasteiger partial charge in [-0.3, -0.25) is 9.36 Å². The molecule has 4 heterocycles. The molecule has 1 aromatic carbocycles. The average molecular weight is 570 g/mol. The monoisotopic (exact) mass is 569 g/mol. The first-order valence-electron chi connectivity index (χ1n) is 13.1. The number of esters is 1. The van der Waals surface area contributed by atoms with Crippen LogP contribution in [-0.4, -0.2) is 36.8 Å². The second kappa shape index (κ2) is 11.1. The second-order valence-corrected chi connectivity index (χ2v) is 11.7. The van der Waals surface area contributed by atoms with Gasteiger partial charge in [-0.1, -0.05) is 29.9 Å². The Morgan fingerprint density at radius 2 is 1.97 bits per heavy atom. The Bertz CT molecular complexity index is 1610. The van der Waals surface area contributed by atoms with Gasteiger partial charge < -0.3 is 18.8 Å². The molecule has 3 aromatic rings. The maximum absolute atomic E-state index is 13.9. The standard InChI is InChI=1S/C29H32ClN3O5S/c1-16(2)37-28(35)25-18(4)31-29-33(26(25)21-14-19(30)6-8-22(21)36-5)27(34)23(39-29)15-20-7-9-24(38-20)32-12-10-17(3)11-13-32/h6-9,14-17,26H,10-13H2,1-5H3/b23-15-/t26-/m0/s1. The van der Waals surface area contributed by atoms with Gasteiger partial charge in [-0.15, -0.1) is 0 Å². The molecule has 39 heavy (non-hydrogen) atoms. The van der Waals surface area contributed by atoms with Crippen molar-refractivity contribution in [2.45, 2.75) is 52.7 Å². The van der Waals surface area contributed by atoms with Gasteiger partial charge >= 0.3 is 5.97 Å². The maximum Gasteiger partial charge on any atom is 0.338 e. The molecule has 0 spiro atoms. The molecule has 2 aliphatic rings. The van der Waals surface area contributed by atoms with Gasteiger partial charge in [-0.05, 0) is 63.8 Å². The van der Waals surface area contributed by atoms with Crippen molar-refractivity contribution in [1.29, 1.82) is 0 Å². The Morgan fingerprint density at radius 3 is 2.67 bits per heavy atom. The lowest BCUT2D eigenvalue weighted by Crippen LogP contribution is -2.40. The lowest BCUT2D eigenvalue weighted by molar-refractivity contribution is -0.143. The summed E-state index contributed by atoms with van der Waals surface area (Å²) in [5, 5.41) is 0.453. The Kier molecular flexibility index (Phi) is 7.73. The lowest BCUT2D eigenvalue weighted by Gasteiger charge is -2.29. The van der Waals surface area contributed by atoms with Crippen LogP contribution in [0.2, 0.25) is 5.02 Å². The summed E-state index contributed by atoms with van der Waals surface area (Å²) >= 11 is 7.62. The normalized spacial score (nSPS) is 18.4. The van der Waals surface area contributed by atoms with Crippen LogP contribution in [0.5, 0.6) is 5.75 Å². The summed E-state index contributed by atoms with van der Waals surface area (Å²) in [5.41, 5.74) is 1.02. The molecular weight excluding hydrogens is 538 g/mol. The lowest BCUT2D eigenvalue weighted by atomic mass is 9.95. The fourth-order valence-corrected chi connectivity index (χ4v) is 6.23. The van der Waals surface area contributed by atoms with Crippen molar-refractivity contribution in [1.82, 2.24) is 4.57 Å². The molecule has 0 aliphatic carbocycles. The number of carbonyl (C=O) groups excluding carboxylic acids is 1. The summed E-state index contributed by atoms with van der Waals surface area (Å²) in [7, 11) is 1.54. The highest BCUT2D eigenvalue weighted by Gasteiger charge is 2.35. The minimum Gasteiger partial charge on any atom is -0.496 e. The summed E-state index contributed by atoms with van der Waals surface area (Å²) in [6.45, 7) is 9.47. The third-order valence-electron chi connectivity index (χ3n) is 7.05. The Morgan fingerprint density at radius 1 is 1.23 bits per heavy atom. The Labute approximate surface area is 235 Å². The van der Waals surface area contributed by atoms with Crippen LogP contribution in [0.3, 0.4) is 0 Å². The summed E-state index contributed by atoms with van der Waals surface area (Å²) < 4.78 is 19.3. The van der Waals surface area contributed by atoms with E-state index in [2.05, 4.69) is 16.8 Å². The van der Waals surface area contributed by atoms with Crippen LogP contribution >= 0.6 is 22.9 Å². The fraction of sp³-hybridized carbons (Fsp3) is 0.414. The molecule has 2 aliphatic heterocycles.